The summed E-state index contributed by atoms with van der Waals surface area (Å²) in [7, 11) is 1.54. The molecule has 4 N–H and O–H groups in total. The van der Waals surface area contributed by atoms with E-state index in [9.17, 15) is 14.3 Å². The third-order valence-electron chi connectivity index (χ3n) is 2.73. The van der Waals surface area contributed by atoms with E-state index in [-0.39, 0.29) is 17.8 Å². The lowest BCUT2D eigenvalue weighted by atomic mass is 10.0. The molecule has 1 amide bonds. The lowest BCUT2D eigenvalue weighted by Crippen LogP contribution is -2.41. The van der Waals surface area contributed by atoms with E-state index in [0.717, 1.165) is 12.1 Å². The van der Waals surface area contributed by atoms with Gasteiger partial charge in [-0.3, -0.25) is 4.79 Å². The summed E-state index contributed by atoms with van der Waals surface area (Å²) in [5, 5.41) is 12.5. The van der Waals surface area contributed by atoms with Crippen LogP contribution < -0.4 is 11.1 Å². The van der Waals surface area contributed by atoms with E-state index >= 15 is 0 Å². The Bertz CT molecular complexity index is 450. The van der Waals surface area contributed by atoms with E-state index in [4.69, 9.17) is 10.5 Å². The molecular weight excluding hydrogens is 251 g/mol. The largest absolute Gasteiger partial charge is 0.398 e. The van der Waals surface area contributed by atoms with Crippen LogP contribution >= 0.6 is 0 Å². The van der Waals surface area contributed by atoms with Gasteiger partial charge in [-0.2, -0.15) is 0 Å². The van der Waals surface area contributed by atoms with Gasteiger partial charge in [0.25, 0.3) is 5.91 Å². The number of benzene rings is 1. The monoisotopic (exact) mass is 270 g/mol. The highest BCUT2D eigenvalue weighted by atomic mass is 19.1. The molecule has 106 valence electrons. The number of nitrogens with one attached hydrogen (secondary N) is 1. The molecule has 1 rings (SSSR count). The lowest BCUT2D eigenvalue weighted by molar-refractivity contribution is 0.0244. The van der Waals surface area contributed by atoms with Gasteiger partial charge in [-0.25, -0.2) is 4.39 Å². The van der Waals surface area contributed by atoms with Crippen molar-refractivity contribution in [1.82, 2.24) is 5.32 Å². The Kier molecular flexibility index (Phi) is 5.26. The third-order valence-corrected chi connectivity index (χ3v) is 2.73. The van der Waals surface area contributed by atoms with Gasteiger partial charge in [-0.05, 0) is 25.1 Å². The number of nitrogen functional groups attached to an aromatic ring is 1. The molecule has 1 aromatic rings. The highest BCUT2D eigenvalue weighted by molar-refractivity contribution is 5.99. The zero-order chi connectivity index (χ0) is 14.5. The highest BCUT2D eigenvalue weighted by Gasteiger charge is 2.21. The van der Waals surface area contributed by atoms with Crippen LogP contribution in [0.15, 0.2) is 18.2 Å². The minimum absolute atomic E-state index is 0.0615. The molecule has 0 aromatic heterocycles. The van der Waals surface area contributed by atoms with Crippen molar-refractivity contribution in [1.29, 1.82) is 0 Å². The number of anilines is 1. The number of carbonyl (C=O) groups is 1. The van der Waals surface area contributed by atoms with Gasteiger partial charge in [0, 0.05) is 32.4 Å². The molecule has 0 aliphatic heterocycles. The summed E-state index contributed by atoms with van der Waals surface area (Å²) in [5.41, 5.74) is 4.74. The number of hydrogen-bond acceptors (Lipinski definition) is 4. The van der Waals surface area contributed by atoms with Crippen LogP contribution in [0.1, 0.15) is 23.7 Å². The Hall–Kier alpha value is -1.66. The standard InChI is InChI=1S/C13H19FN2O3/c1-13(18,5-6-19-2)8-16-12(17)10-4-3-9(14)7-11(10)15/h3-4,7,18H,5-6,8,15H2,1-2H3,(H,16,17). The third kappa shape index (κ3) is 4.84. The molecule has 19 heavy (non-hydrogen) atoms. The van der Waals surface area contributed by atoms with Crippen LogP contribution in [0.4, 0.5) is 10.1 Å². The molecule has 0 aliphatic carbocycles. The molecule has 5 nitrogen and oxygen atoms in total. The lowest BCUT2D eigenvalue weighted by Gasteiger charge is -2.23. The molecule has 0 saturated heterocycles. The van der Waals surface area contributed by atoms with Crippen molar-refractivity contribution in [2.24, 2.45) is 0 Å². The second-order valence-electron chi connectivity index (χ2n) is 4.65. The fraction of sp³-hybridized carbons (Fsp3) is 0.462. The van der Waals surface area contributed by atoms with E-state index in [0.29, 0.717) is 13.0 Å². The van der Waals surface area contributed by atoms with Crippen molar-refractivity contribution >= 4 is 11.6 Å². The molecule has 1 atom stereocenters. The molecule has 0 radical (unpaired) electrons. The van der Waals surface area contributed by atoms with Gasteiger partial charge in [0.05, 0.1) is 11.2 Å². The van der Waals surface area contributed by atoms with E-state index < -0.39 is 17.3 Å². The van der Waals surface area contributed by atoms with Gasteiger partial charge in [0.2, 0.25) is 0 Å². The molecule has 1 unspecified atom stereocenters. The second-order valence-corrected chi connectivity index (χ2v) is 4.65. The van der Waals surface area contributed by atoms with E-state index in [1.54, 1.807) is 6.92 Å². The average Bonchev–Trinajstić information content (AvgIpc) is 2.34. The van der Waals surface area contributed by atoms with E-state index in [1.165, 1.54) is 13.2 Å². The van der Waals surface area contributed by atoms with Gasteiger partial charge in [-0.1, -0.05) is 0 Å². The van der Waals surface area contributed by atoms with Crippen LogP contribution in [0.3, 0.4) is 0 Å². The first-order valence-corrected chi connectivity index (χ1v) is 5.90. The first-order valence-electron chi connectivity index (χ1n) is 5.90. The number of hydrogen-bond donors (Lipinski definition) is 3. The molecule has 0 fully saturated rings. The zero-order valence-electron chi connectivity index (χ0n) is 11.1. The Balaban J connectivity index is 2.60. The quantitative estimate of drug-likeness (QED) is 0.671. The van der Waals surface area contributed by atoms with Crippen LogP contribution in [0.2, 0.25) is 0 Å². The summed E-state index contributed by atoms with van der Waals surface area (Å²) in [6, 6.07) is 3.55. The number of amides is 1. The van der Waals surface area contributed by atoms with Crippen molar-refractivity contribution in [3.05, 3.63) is 29.6 Å². The number of halogens is 1. The fourth-order valence-electron chi connectivity index (χ4n) is 1.52. The Labute approximate surface area is 111 Å². The van der Waals surface area contributed by atoms with Crippen LogP contribution in [-0.2, 0) is 4.74 Å². The fourth-order valence-corrected chi connectivity index (χ4v) is 1.52. The number of ether oxygens (including phenoxy) is 1. The Morgan fingerprint density at radius 1 is 1.58 bits per heavy atom. The van der Waals surface area contributed by atoms with Crippen molar-refractivity contribution in [3.63, 3.8) is 0 Å². The number of methoxy groups -OCH3 is 1. The predicted octanol–water partition coefficient (Wildman–Crippen LogP) is 0.925. The van der Waals surface area contributed by atoms with Crippen molar-refractivity contribution in [2.75, 3.05) is 26.0 Å². The highest BCUT2D eigenvalue weighted by Crippen LogP contribution is 2.14. The molecule has 0 saturated carbocycles. The molecule has 0 bridgehead atoms. The number of carbonyl (C=O) groups excluding carboxylic acids is 1. The predicted molar refractivity (Wildman–Crippen MR) is 70.3 cm³/mol. The molecule has 0 heterocycles. The maximum Gasteiger partial charge on any atom is 0.253 e. The van der Waals surface area contributed by atoms with E-state index in [2.05, 4.69) is 5.32 Å². The first-order chi connectivity index (χ1) is 8.85. The Morgan fingerprint density at radius 3 is 2.84 bits per heavy atom. The van der Waals surface area contributed by atoms with Crippen LogP contribution in [0.25, 0.3) is 0 Å². The smallest absolute Gasteiger partial charge is 0.253 e. The number of rotatable bonds is 6. The van der Waals surface area contributed by atoms with Crippen LogP contribution in [-0.4, -0.2) is 36.9 Å². The van der Waals surface area contributed by atoms with Gasteiger partial charge >= 0.3 is 0 Å². The van der Waals surface area contributed by atoms with Gasteiger partial charge < -0.3 is 20.9 Å². The number of nitrogens with two attached hydrogens (primary N) is 1. The summed E-state index contributed by atoms with van der Waals surface area (Å²) in [6.07, 6.45) is 0.392. The maximum absolute atomic E-state index is 12.9. The summed E-state index contributed by atoms with van der Waals surface area (Å²) < 4.78 is 17.7. The average molecular weight is 270 g/mol. The Morgan fingerprint density at radius 2 is 2.26 bits per heavy atom. The van der Waals surface area contributed by atoms with Gasteiger partial charge in [-0.15, -0.1) is 0 Å². The van der Waals surface area contributed by atoms with Crippen molar-refractivity contribution in [2.45, 2.75) is 18.9 Å². The summed E-state index contributed by atoms with van der Waals surface area (Å²) in [5.74, 6) is -0.948. The van der Waals surface area contributed by atoms with Crippen molar-refractivity contribution in [3.8, 4) is 0 Å². The summed E-state index contributed by atoms with van der Waals surface area (Å²) >= 11 is 0. The normalized spacial score (nSPS) is 13.9. The van der Waals surface area contributed by atoms with E-state index in [1.807, 2.05) is 0 Å². The molecule has 0 spiro atoms. The molecular formula is C13H19FN2O3. The minimum atomic E-state index is -1.07. The SMILES string of the molecule is COCCC(C)(O)CNC(=O)c1ccc(F)cc1N. The minimum Gasteiger partial charge on any atom is -0.398 e. The second kappa shape index (κ2) is 6.49. The molecule has 0 aliphatic rings. The summed E-state index contributed by atoms with van der Waals surface area (Å²) in [4.78, 5) is 11.8. The molecule has 6 heteroatoms. The number of aliphatic hydroxyl groups is 1. The first kappa shape index (κ1) is 15.4. The topological polar surface area (TPSA) is 84.6 Å². The molecule has 1 aromatic carbocycles. The van der Waals surface area contributed by atoms with Gasteiger partial charge in [0.15, 0.2) is 0 Å². The zero-order valence-corrected chi connectivity index (χ0v) is 11.1. The maximum atomic E-state index is 12.9. The summed E-state index contributed by atoms with van der Waals surface area (Å²) in [6.45, 7) is 2.05. The van der Waals surface area contributed by atoms with Crippen molar-refractivity contribution < 1.29 is 19.0 Å². The van der Waals surface area contributed by atoms with Crippen LogP contribution in [0, 0.1) is 5.82 Å². The van der Waals surface area contributed by atoms with Crippen LogP contribution in [0.5, 0.6) is 0 Å². The van der Waals surface area contributed by atoms with Gasteiger partial charge in [0.1, 0.15) is 5.82 Å².